The lowest BCUT2D eigenvalue weighted by atomic mass is 10.1. The molecule has 0 unspecified atom stereocenters. The Labute approximate surface area is 112 Å². The van der Waals surface area contributed by atoms with Crippen molar-refractivity contribution in [1.82, 2.24) is 5.32 Å². The van der Waals surface area contributed by atoms with E-state index in [1.165, 1.54) is 19.3 Å². The van der Waals surface area contributed by atoms with Gasteiger partial charge in [0.15, 0.2) is 0 Å². The first-order chi connectivity index (χ1) is 8.33. The van der Waals surface area contributed by atoms with E-state index < -0.39 is 0 Å². The molecule has 0 aromatic heterocycles. The molecule has 0 saturated carbocycles. The Bertz CT molecular complexity index is 313. The molecule has 0 aliphatic heterocycles. The van der Waals surface area contributed by atoms with Crippen molar-refractivity contribution < 1.29 is 4.79 Å². The van der Waals surface area contributed by atoms with Crippen LogP contribution in [-0.4, -0.2) is 17.8 Å². The topological polar surface area (TPSA) is 29.1 Å². The largest absolute Gasteiger partial charge is 0.356 e. The second kappa shape index (κ2) is 9.23. The highest BCUT2D eigenvalue weighted by Gasteiger charge is 2.01. The molecule has 0 aliphatic rings. The highest BCUT2D eigenvalue weighted by Crippen LogP contribution is 2.02. The van der Waals surface area contributed by atoms with E-state index in [0.717, 1.165) is 23.9 Å². The summed E-state index contributed by atoms with van der Waals surface area (Å²) in [6.45, 7) is 0.800. The molecule has 1 aromatic rings. The number of nitrogens with one attached hydrogen (secondary N) is 1. The summed E-state index contributed by atoms with van der Waals surface area (Å²) in [5, 5.41) is 4.03. The average molecular weight is 298 g/mol. The highest BCUT2D eigenvalue weighted by atomic mass is 79.9. The Morgan fingerprint density at radius 2 is 1.76 bits per heavy atom. The van der Waals surface area contributed by atoms with Crippen molar-refractivity contribution in [3.63, 3.8) is 0 Å². The fraction of sp³-hybridized carbons (Fsp3) is 0.500. The van der Waals surface area contributed by atoms with Crippen molar-refractivity contribution >= 4 is 21.8 Å². The third-order valence-corrected chi connectivity index (χ3v) is 3.15. The molecule has 0 spiro atoms. The molecule has 0 atom stereocenters. The molecule has 0 fully saturated rings. The second-order valence-corrected chi connectivity index (χ2v) is 4.91. The lowest BCUT2D eigenvalue weighted by Crippen LogP contribution is -2.26. The van der Waals surface area contributed by atoms with Crippen LogP contribution in [0.3, 0.4) is 0 Å². The van der Waals surface area contributed by atoms with Gasteiger partial charge in [0.2, 0.25) is 5.91 Å². The molecule has 3 heteroatoms. The van der Waals surface area contributed by atoms with E-state index in [9.17, 15) is 4.79 Å². The smallest absolute Gasteiger partial charge is 0.224 e. The quantitative estimate of drug-likeness (QED) is 0.579. The van der Waals surface area contributed by atoms with Crippen LogP contribution in [0.15, 0.2) is 30.3 Å². The minimum absolute atomic E-state index is 0.122. The number of hydrogen-bond acceptors (Lipinski definition) is 1. The molecule has 94 valence electrons. The van der Waals surface area contributed by atoms with Crippen LogP contribution in [-0.2, 0) is 11.2 Å². The number of alkyl halides is 1. The van der Waals surface area contributed by atoms with Crippen LogP contribution in [0.25, 0.3) is 0 Å². The van der Waals surface area contributed by atoms with Gasteiger partial charge in [-0.25, -0.2) is 0 Å². The van der Waals surface area contributed by atoms with Gasteiger partial charge in [0, 0.05) is 11.9 Å². The first kappa shape index (κ1) is 14.2. The van der Waals surface area contributed by atoms with Crippen LogP contribution >= 0.6 is 15.9 Å². The average Bonchev–Trinajstić information content (AvgIpc) is 2.35. The minimum Gasteiger partial charge on any atom is -0.356 e. The normalized spacial score (nSPS) is 10.2. The fourth-order valence-electron chi connectivity index (χ4n) is 1.64. The summed E-state index contributed by atoms with van der Waals surface area (Å²) < 4.78 is 0. The molecule has 0 saturated heterocycles. The third-order valence-electron chi connectivity index (χ3n) is 2.59. The maximum Gasteiger partial charge on any atom is 0.224 e. The zero-order valence-corrected chi connectivity index (χ0v) is 11.7. The molecule has 1 rings (SSSR count). The molecule has 17 heavy (non-hydrogen) atoms. The van der Waals surface area contributed by atoms with Gasteiger partial charge in [-0.2, -0.15) is 0 Å². The maximum atomic E-state index is 11.6. The van der Waals surface area contributed by atoms with Crippen LogP contribution in [0.5, 0.6) is 0 Å². The number of carbonyl (C=O) groups is 1. The zero-order valence-electron chi connectivity index (χ0n) is 10.1. The predicted molar refractivity (Wildman–Crippen MR) is 75.4 cm³/mol. The lowest BCUT2D eigenvalue weighted by Gasteiger charge is -2.05. The van der Waals surface area contributed by atoms with Gasteiger partial charge in [0.1, 0.15) is 0 Å². The van der Waals surface area contributed by atoms with Crippen molar-refractivity contribution in [2.24, 2.45) is 0 Å². The zero-order chi connectivity index (χ0) is 12.3. The van der Waals surface area contributed by atoms with Crippen molar-refractivity contribution in [2.45, 2.75) is 32.1 Å². The number of benzene rings is 1. The van der Waals surface area contributed by atoms with E-state index in [1.807, 2.05) is 30.3 Å². The van der Waals surface area contributed by atoms with Crippen molar-refractivity contribution in [3.05, 3.63) is 35.9 Å². The van der Waals surface area contributed by atoms with E-state index in [0.29, 0.717) is 6.42 Å². The Balaban J connectivity index is 2.06. The summed E-state index contributed by atoms with van der Waals surface area (Å²) in [6.07, 6.45) is 5.21. The van der Waals surface area contributed by atoms with Gasteiger partial charge < -0.3 is 5.32 Å². The van der Waals surface area contributed by atoms with E-state index >= 15 is 0 Å². The van der Waals surface area contributed by atoms with Gasteiger partial charge >= 0.3 is 0 Å². The molecule has 0 bridgehead atoms. The summed E-state index contributed by atoms with van der Waals surface area (Å²) in [5.74, 6) is 0.122. The minimum atomic E-state index is 0.122. The van der Waals surface area contributed by atoms with E-state index in [-0.39, 0.29) is 5.91 Å². The molecule has 0 radical (unpaired) electrons. The Hall–Kier alpha value is -0.830. The van der Waals surface area contributed by atoms with Crippen LogP contribution < -0.4 is 5.32 Å². The molecular formula is C14H20BrNO. The Morgan fingerprint density at radius 3 is 2.47 bits per heavy atom. The van der Waals surface area contributed by atoms with Gasteiger partial charge in [-0.05, 0) is 18.4 Å². The Morgan fingerprint density at radius 1 is 1.06 bits per heavy atom. The summed E-state index contributed by atoms with van der Waals surface area (Å²) in [4.78, 5) is 11.6. The predicted octanol–water partition coefficient (Wildman–Crippen LogP) is 3.30. The van der Waals surface area contributed by atoms with Crippen LogP contribution in [0.1, 0.15) is 31.2 Å². The summed E-state index contributed by atoms with van der Waals surface area (Å²) in [5.41, 5.74) is 1.07. The monoisotopic (exact) mass is 297 g/mol. The van der Waals surface area contributed by atoms with Gasteiger partial charge in [0.05, 0.1) is 6.42 Å². The van der Waals surface area contributed by atoms with Crippen molar-refractivity contribution in [3.8, 4) is 0 Å². The number of carbonyl (C=O) groups excluding carboxylic acids is 1. The molecule has 1 N–H and O–H groups in total. The standard InChI is InChI=1S/C14H20BrNO/c15-10-6-1-2-7-11-16-14(17)12-13-8-4-3-5-9-13/h3-5,8-9H,1-2,6-7,10-12H2,(H,16,17). The molecule has 2 nitrogen and oxygen atoms in total. The third kappa shape index (κ3) is 7.16. The second-order valence-electron chi connectivity index (χ2n) is 4.12. The maximum absolute atomic E-state index is 11.6. The van der Waals surface area contributed by atoms with Crippen LogP contribution in [0.2, 0.25) is 0 Å². The van der Waals surface area contributed by atoms with Gasteiger partial charge in [-0.1, -0.05) is 59.1 Å². The number of unbranched alkanes of at least 4 members (excludes halogenated alkanes) is 3. The van der Waals surface area contributed by atoms with E-state index in [2.05, 4.69) is 21.2 Å². The number of rotatable bonds is 8. The van der Waals surface area contributed by atoms with Crippen LogP contribution in [0.4, 0.5) is 0 Å². The summed E-state index contributed by atoms with van der Waals surface area (Å²) >= 11 is 3.41. The number of halogens is 1. The molecule has 1 aromatic carbocycles. The molecular weight excluding hydrogens is 278 g/mol. The lowest BCUT2D eigenvalue weighted by molar-refractivity contribution is -0.120. The first-order valence-corrected chi connectivity index (χ1v) is 7.31. The summed E-state index contributed by atoms with van der Waals surface area (Å²) in [6, 6.07) is 9.85. The van der Waals surface area contributed by atoms with Crippen LogP contribution in [0, 0.1) is 0 Å². The molecule has 1 amide bonds. The van der Waals surface area contributed by atoms with Gasteiger partial charge in [0.25, 0.3) is 0 Å². The summed E-state index contributed by atoms with van der Waals surface area (Å²) in [7, 11) is 0. The fourth-order valence-corrected chi connectivity index (χ4v) is 2.04. The van der Waals surface area contributed by atoms with E-state index in [4.69, 9.17) is 0 Å². The van der Waals surface area contributed by atoms with Crippen molar-refractivity contribution in [2.75, 3.05) is 11.9 Å². The number of amides is 1. The first-order valence-electron chi connectivity index (χ1n) is 6.19. The van der Waals surface area contributed by atoms with E-state index in [1.54, 1.807) is 0 Å². The Kier molecular flexibility index (Phi) is 7.72. The molecule has 0 aliphatic carbocycles. The van der Waals surface area contributed by atoms with Gasteiger partial charge in [-0.15, -0.1) is 0 Å². The highest BCUT2D eigenvalue weighted by molar-refractivity contribution is 9.09. The molecule has 0 heterocycles. The van der Waals surface area contributed by atoms with Crippen molar-refractivity contribution in [1.29, 1.82) is 0 Å². The SMILES string of the molecule is O=C(Cc1ccccc1)NCCCCCCBr. The van der Waals surface area contributed by atoms with Gasteiger partial charge in [-0.3, -0.25) is 4.79 Å². The number of hydrogen-bond donors (Lipinski definition) is 1.